The first-order valence-electron chi connectivity index (χ1n) is 3.63. The minimum Gasteiger partial charge on any atom is -0.492 e. The van der Waals surface area contributed by atoms with E-state index in [2.05, 4.69) is 20.9 Å². The lowest BCUT2D eigenvalue weighted by Crippen LogP contribution is -1.98. The van der Waals surface area contributed by atoms with Crippen LogP contribution in [0.1, 0.15) is 6.42 Å². The molecule has 0 saturated carbocycles. The van der Waals surface area contributed by atoms with Gasteiger partial charge in [0.2, 0.25) is 0 Å². The molecule has 2 nitrogen and oxygen atoms in total. The van der Waals surface area contributed by atoms with Gasteiger partial charge in [-0.25, -0.2) is 4.98 Å². The van der Waals surface area contributed by atoms with Gasteiger partial charge in [0.15, 0.2) is 0 Å². The molecule has 0 spiro atoms. The van der Waals surface area contributed by atoms with E-state index in [9.17, 15) is 4.39 Å². The van der Waals surface area contributed by atoms with Crippen LogP contribution in [0, 0.1) is 0 Å². The Hall–Kier alpha value is -0.640. The summed E-state index contributed by atoms with van der Waals surface area (Å²) in [4.78, 5) is 3.96. The molecule has 0 aliphatic rings. The Balaban J connectivity index is 2.37. The third kappa shape index (κ3) is 3.17. The molecule has 0 N–H and O–H groups in total. The lowest BCUT2D eigenvalue weighted by Gasteiger charge is -2.02. The van der Waals surface area contributed by atoms with Crippen molar-refractivity contribution in [3.8, 4) is 5.75 Å². The molecule has 66 valence electrons. The second kappa shape index (κ2) is 5.09. The average Bonchev–Trinajstić information content (AvgIpc) is 2.09. The maximum Gasteiger partial charge on any atom is 0.137 e. The highest BCUT2D eigenvalue weighted by Gasteiger charge is 1.93. The Bertz CT molecular complexity index is 227. The summed E-state index contributed by atoms with van der Waals surface area (Å²) in [5, 5.41) is 0. The lowest BCUT2D eigenvalue weighted by atomic mass is 10.4. The average molecular weight is 234 g/mol. The van der Waals surface area contributed by atoms with E-state index in [4.69, 9.17) is 4.74 Å². The molecule has 12 heavy (non-hydrogen) atoms. The Kier molecular flexibility index (Phi) is 4.00. The molecule has 0 saturated heterocycles. The monoisotopic (exact) mass is 233 g/mol. The van der Waals surface area contributed by atoms with Crippen molar-refractivity contribution in [2.45, 2.75) is 6.42 Å². The summed E-state index contributed by atoms with van der Waals surface area (Å²) < 4.78 is 17.6. The van der Waals surface area contributed by atoms with Crippen LogP contribution in [-0.2, 0) is 0 Å². The Morgan fingerprint density at radius 1 is 1.50 bits per heavy atom. The standard InChI is InChI=1S/C8H9BrFNO/c9-8-3-2-7(6-11-8)12-5-1-4-10/h2-3,6H,1,4-5H2. The number of pyridine rings is 1. The van der Waals surface area contributed by atoms with Crippen molar-refractivity contribution in [1.82, 2.24) is 4.98 Å². The molecule has 4 heteroatoms. The van der Waals surface area contributed by atoms with Gasteiger partial charge in [0, 0.05) is 6.42 Å². The Labute approximate surface area is 78.9 Å². The van der Waals surface area contributed by atoms with Crippen LogP contribution < -0.4 is 4.74 Å². The van der Waals surface area contributed by atoms with Gasteiger partial charge in [0.1, 0.15) is 10.4 Å². The molecule has 0 aromatic carbocycles. The smallest absolute Gasteiger partial charge is 0.137 e. The molecule has 0 atom stereocenters. The molecule has 0 radical (unpaired) electrons. The molecule has 1 aromatic heterocycles. The number of hydrogen-bond donors (Lipinski definition) is 0. The molecule has 0 bridgehead atoms. The van der Waals surface area contributed by atoms with E-state index in [0.717, 1.165) is 4.60 Å². The zero-order valence-electron chi connectivity index (χ0n) is 6.46. The first-order chi connectivity index (χ1) is 5.83. The van der Waals surface area contributed by atoms with Crippen LogP contribution in [0.2, 0.25) is 0 Å². The van der Waals surface area contributed by atoms with Crippen molar-refractivity contribution in [3.05, 3.63) is 22.9 Å². The van der Waals surface area contributed by atoms with Gasteiger partial charge < -0.3 is 4.74 Å². The van der Waals surface area contributed by atoms with Gasteiger partial charge in [0.25, 0.3) is 0 Å². The highest BCUT2D eigenvalue weighted by Crippen LogP contribution is 2.12. The molecule has 0 amide bonds. The molecule has 1 aromatic rings. The topological polar surface area (TPSA) is 22.1 Å². The number of hydrogen-bond acceptors (Lipinski definition) is 2. The van der Waals surface area contributed by atoms with Crippen LogP contribution >= 0.6 is 15.9 Å². The van der Waals surface area contributed by atoms with Crippen LogP contribution in [0.15, 0.2) is 22.9 Å². The molecular formula is C8H9BrFNO. The number of rotatable bonds is 4. The van der Waals surface area contributed by atoms with Gasteiger partial charge >= 0.3 is 0 Å². The lowest BCUT2D eigenvalue weighted by molar-refractivity contribution is 0.288. The molecule has 0 aliphatic heterocycles. The number of nitrogens with zero attached hydrogens (tertiary/aromatic N) is 1. The maximum absolute atomic E-state index is 11.7. The number of ether oxygens (including phenoxy) is 1. The summed E-state index contributed by atoms with van der Waals surface area (Å²) in [7, 11) is 0. The molecule has 0 aliphatic carbocycles. The third-order valence-corrected chi connectivity index (χ3v) is 1.72. The van der Waals surface area contributed by atoms with Crippen molar-refractivity contribution in [2.24, 2.45) is 0 Å². The van der Waals surface area contributed by atoms with E-state index in [1.165, 1.54) is 0 Å². The summed E-state index contributed by atoms with van der Waals surface area (Å²) >= 11 is 3.20. The highest BCUT2D eigenvalue weighted by molar-refractivity contribution is 9.10. The van der Waals surface area contributed by atoms with E-state index < -0.39 is 0 Å². The fourth-order valence-electron chi connectivity index (χ4n) is 0.692. The Morgan fingerprint density at radius 3 is 2.92 bits per heavy atom. The van der Waals surface area contributed by atoms with E-state index in [-0.39, 0.29) is 6.67 Å². The van der Waals surface area contributed by atoms with Gasteiger partial charge in [-0.05, 0) is 28.1 Å². The van der Waals surface area contributed by atoms with Gasteiger partial charge in [-0.1, -0.05) is 0 Å². The summed E-state index contributed by atoms with van der Waals surface area (Å²) in [6.45, 7) is 0.0593. The van der Waals surface area contributed by atoms with Crippen molar-refractivity contribution in [1.29, 1.82) is 0 Å². The first-order valence-corrected chi connectivity index (χ1v) is 4.42. The second-order valence-electron chi connectivity index (χ2n) is 2.21. The van der Waals surface area contributed by atoms with Crippen LogP contribution in [-0.4, -0.2) is 18.3 Å². The SMILES string of the molecule is FCCCOc1ccc(Br)nc1. The van der Waals surface area contributed by atoms with E-state index in [0.29, 0.717) is 18.8 Å². The predicted octanol–water partition coefficient (Wildman–Crippen LogP) is 2.58. The van der Waals surface area contributed by atoms with Gasteiger partial charge in [-0.15, -0.1) is 0 Å². The van der Waals surface area contributed by atoms with Crippen LogP contribution in [0.5, 0.6) is 5.75 Å². The van der Waals surface area contributed by atoms with Crippen LogP contribution in [0.4, 0.5) is 4.39 Å². The van der Waals surface area contributed by atoms with Gasteiger partial charge in [0.05, 0.1) is 19.5 Å². The summed E-state index contributed by atoms with van der Waals surface area (Å²) in [5.74, 6) is 0.673. The molecular weight excluding hydrogens is 225 g/mol. The van der Waals surface area contributed by atoms with E-state index in [1.807, 2.05) is 0 Å². The van der Waals surface area contributed by atoms with E-state index in [1.54, 1.807) is 18.3 Å². The zero-order valence-corrected chi connectivity index (χ0v) is 8.05. The predicted molar refractivity (Wildman–Crippen MR) is 48.0 cm³/mol. The van der Waals surface area contributed by atoms with Crippen LogP contribution in [0.3, 0.4) is 0 Å². The molecule has 0 fully saturated rings. The quantitative estimate of drug-likeness (QED) is 0.590. The molecule has 1 rings (SSSR count). The van der Waals surface area contributed by atoms with E-state index >= 15 is 0 Å². The minimum atomic E-state index is -0.343. The second-order valence-corrected chi connectivity index (χ2v) is 3.02. The van der Waals surface area contributed by atoms with Crippen molar-refractivity contribution >= 4 is 15.9 Å². The van der Waals surface area contributed by atoms with Gasteiger partial charge in [-0.3, -0.25) is 4.39 Å². The summed E-state index contributed by atoms with van der Waals surface area (Å²) in [6.07, 6.45) is 2.03. The fourth-order valence-corrected chi connectivity index (χ4v) is 0.927. The number of alkyl halides is 1. The third-order valence-electron chi connectivity index (χ3n) is 1.25. The fraction of sp³-hybridized carbons (Fsp3) is 0.375. The molecule has 1 heterocycles. The first kappa shape index (κ1) is 9.45. The minimum absolute atomic E-state index is 0.343. The number of aromatic nitrogens is 1. The van der Waals surface area contributed by atoms with Crippen molar-refractivity contribution < 1.29 is 9.13 Å². The molecule has 0 unspecified atom stereocenters. The zero-order chi connectivity index (χ0) is 8.81. The number of halogens is 2. The highest BCUT2D eigenvalue weighted by atomic mass is 79.9. The normalized spacial score (nSPS) is 9.83. The van der Waals surface area contributed by atoms with Crippen LogP contribution in [0.25, 0.3) is 0 Å². The van der Waals surface area contributed by atoms with Crippen molar-refractivity contribution in [2.75, 3.05) is 13.3 Å². The summed E-state index contributed by atoms with van der Waals surface area (Å²) in [6, 6.07) is 3.57. The largest absolute Gasteiger partial charge is 0.492 e. The Morgan fingerprint density at radius 2 is 2.33 bits per heavy atom. The maximum atomic E-state index is 11.7. The van der Waals surface area contributed by atoms with Gasteiger partial charge in [-0.2, -0.15) is 0 Å². The summed E-state index contributed by atoms with van der Waals surface area (Å²) in [5.41, 5.74) is 0. The van der Waals surface area contributed by atoms with Crippen molar-refractivity contribution in [3.63, 3.8) is 0 Å².